The van der Waals surface area contributed by atoms with Crippen LogP contribution < -0.4 is 0 Å². The Kier molecular flexibility index (Phi) is 4.50. The van der Waals surface area contributed by atoms with E-state index in [0.717, 1.165) is 3.57 Å². The lowest BCUT2D eigenvalue weighted by atomic mass is 9.89. The molecule has 2 atom stereocenters. The van der Waals surface area contributed by atoms with Gasteiger partial charge >= 0.3 is 11.9 Å². The number of rotatable bonds is 4. The largest absolute Gasteiger partial charge is 0.481 e. The minimum atomic E-state index is -0.954. The van der Waals surface area contributed by atoms with Gasteiger partial charge in [-0.15, -0.1) is 0 Å². The summed E-state index contributed by atoms with van der Waals surface area (Å²) in [7, 11) is 0. The number of hydrogen-bond acceptors (Lipinski definition) is 2. The maximum Gasteiger partial charge on any atom is 0.310 e. The van der Waals surface area contributed by atoms with Gasteiger partial charge in [0.05, 0.1) is 11.8 Å². The van der Waals surface area contributed by atoms with Crippen LogP contribution in [0.25, 0.3) is 0 Å². The third-order valence-corrected chi connectivity index (χ3v) is 3.39. The highest BCUT2D eigenvalue weighted by Gasteiger charge is 2.23. The van der Waals surface area contributed by atoms with Gasteiger partial charge in [-0.3, -0.25) is 9.59 Å². The molecule has 1 aromatic carbocycles. The molecule has 0 aliphatic rings. The Morgan fingerprint density at radius 2 is 1.53 bits per heavy atom. The maximum absolute atomic E-state index is 11.0. The van der Waals surface area contributed by atoms with Gasteiger partial charge in [0, 0.05) is 3.57 Å². The summed E-state index contributed by atoms with van der Waals surface area (Å²) < 4.78 is 0.895. The first kappa shape index (κ1) is 14.0. The summed E-state index contributed by atoms with van der Waals surface area (Å²) in [4.78, 5) is 22.0. The smallest absolute Gasteiger partial charge is 0.310 e. The monoisotopic (exact) mass is 348 g/mol. The summed E-state index contributed by atoms with van der Waals surface area (Å²) in [6.07, 6.45) is 0. The Labute approximate surface area is 113 Å². The van der Waals surface area contributed by atoms with Crippen LogP contribution in [0.2, 0.25) is 0 Å². The molecule has 0 bridgehead atoms. The Morgan fingerprint density at radius 3 is 2.00 bits per heavy atom. The molecule has 0 aliphatic carbocycles. The number of aliphatic carboxylic acids is 2. The molecule has 17 heavy (non-hydrogen) atoms. The average Bonchev–Trinajstić information content (AvgIpc) is 2.26. The van der Waals surface area contributed by atoms with E-state index in [-0.39, 0.29) is 0 Å². The van der Waals surface area contributed by atoms with Crippen molar-refractivity contribution in [2.75, 3.05) is 0 Å². The van der Waals surface area contributed by atoms with Crippen molar-refractivity contribution in [1.29, 1.82) is 0 Å². The third kappa shape index (κ3) is 3.18. The van der Waals surface area contributed by atoms with Gasteiger partial charge < -0.3 is 10.2 Å². The van der Waals surface area contributed by atoms with Crippen molar-refractivity contribution in [2.24, 2.45) is 0 Å². The molecule has 92 valence electrons. The van der Waals surface area contributed by atoms with Crippen LogP contribution in [0.5, 0.6) is 0 Å². The topological polar surface area (TPSA) is 74.6 Å². The number of carboxylic acid groups (broad SMARTS) is 2. The second-order valence-electron chi connectivity index (χ2n) is 3.89. The van der Waals surface area contributed by atoms with Gasteiger partial charge in [-0.1, -0.05) is 6.07 Å². The van der Waals surface area contributed by atoms with Gasteiger partial charge in [0.25, 0.3) is 0 Å². The van der Waals surface area contributed by atoms with Crippen LogP contribution in [0.4, 0.5) is 0 Å². The zero-order valence-corrected chi connectivity index (χ0v) is 11.6. The van der Waals surface area contributed by atoms with Crippen molar-refractivity contribution >= 4 is 34.5 Å². The minimum Gasteiger partial charge on any atom is -0.481 e. The van der Waals surface area contributed by atoms with Gasteiger partial charge in [0.1, 0.15) is 0 Å². The summed E-state index contributed by atoms with van der Waals surface area (Å²) in [5, 5.41) is 18.0. The summed E-state index contributed by atoms with van der Waals surface area (Å²) in [6.45, 7) is 3.12. The van der Waals surface area contributed by atoms with Gasteiger partial charge in [0.2, 0.25) is 0 Å². The van der Waals surface area contributed by atoms with E-state index >= 15 is 0 Å². The molecule has 5 heteroatoms. The lowest BCUT2D eigenvalue weighted by Crippen LogP contribution is -2.15. The summed E-state index contributed by atoms with van der Waals surface area (Å²) in [5.41, 5.74) is 1.13. The predicted molar refractivity (Wildman–Crippen MR) is 71.3 cm³/mol. The van der Waals surface area contributed by atoms with Gasteiger partial charge in [0.15, 0.2) is 0 Å². The molecule has 0 aromatic heterocycles. The van der Waals surface area contributed by atoms with Crippen molar-refractivity contribution in [3.8, 4) is 0 Å². The van der Waals surface area contributed by atoms with Crippen LogP contribution in [0.1, 0.15) is 36.8 Å². The highest BCUT2D eigenvalue weighted by atomic mass is 127. The fourth-order valence-corrected chi connectivity index (χ4v) is 2.10. The third-order valence-electron chi connectivity index (χ3n) is 2.72. The molecule has 4 nitrogen and oxygen atoms in total. The van der Waals surface area contributed by atoms with Gasteiger partial charge in [-0.2, -0.15) is 0 Å². The average molecular weight is 348 g/mol. The number of hydrogen-bond donors (Lipinski definition) is 2. The van der Waals surface area contributed by atoms with Crippen LogP contribution >= 0.6 is 22.6 Å². The van der Waals surface area contributed by atoms with Gasteiger partial charge in [-0.05, 0) is 59.7 Å². The fourth-order valence-electron chi connectivity index (χ4n) is 1.58. The molecule has 2 N–H and O–H groups in total. The Bertz CT molecular complexity index is 456. The number of carbonyl (C=O) groups is 2. The van der Waals surface area contributed by atoms with Crippen LogP contribution in [-0.4, -0.2) is 22.2 Å². The summed E-state index contributed by atoms with van der Waals surface area (Å²) >= 11 is 2.08. The van der Waals surface area contributed by atoms with Crippen LogP contribution in [0.3, 0.4) is 0 Å². The molecule has 0 fully saturated rings. The molecular formula is C12H13IO4. The van der Waals surface area contributed by atoms with E-state index in [1.807, 2.05) is 0 Å². The molecule has 0 heterocycles. The van der Waals surface area contributed by atoms with Crippen molar-refractivity contribution in [2.45, 2.75) is 25.7 Å². The Hall–Kier alpha value is -1.11. The molecule has 0 aliphatic heterocycles. The van der Waals surface area contributed by atoms with E-state index in [2.05, 4.69) is 22.6 Å². The van der Waals surface area contributed by atoms with E-state index in [1.165, 1.54) is 0 Å². The van der Waals surface area contributed by atoms with Crippen molar-refractivity contribution in [1.82, 2.24) is 0 Å². The van der Waals surface area contributed by atoms with Crippen molar-refractivity contribution in [3.05, 3.63) is 32.9 Å². The molecule has 0 spiro atoms. The second kappa shape index (κ2) is 5.48. The molecule has 0 amide bonds. The van der Waals surface area contributed by atoms with Crippen LogP contribution in [-0.2, 0) is 9.59 Å². The zero-order chi connectivity index (χ0) is 13.2. The number of halogens is 1. The molecule has 1 aromatic rings. The van der Waals surface area contributed by atoms with Crippen molar-refractivity contribution < 1.29 is 19.8 Å². The fraction of sp³-hybridized carbons (Fsp3) is 0.333. The standard InChI is InChI=1S/C12H13IO4/c1-6(11(14)15)9-4-3-8(13)5-10(9)7(2)12(16)17/h3-7H,1-2H3,(H,14,15)(H,16,17). The zero-order valence-electron chi connectivity index (χ0n) is 9.48. The van der Waals surface area contributed by atoms with E-state index in [1.54, 1.807) is 32.0 Å². The molecule has 0 saturated heterocycles. The Balaban J connectivity index is 3.30. The summed E-state index contributed by atoms with van der Waals surface area (Å²) in [5.74, 6) is -3.32. The quantitative estimate of drug-likeness (QED) is 0.821. The van der Waals surface area contributed by atoms with Crippen LogP contribution in [0.15, 0.2) is 18.2 Å². The lowest BCUT2D eigenvalue weighted by molar-refractivity contribution is -0.140. The van der Waals surface area contributed by atoms with E-state index in [0.29, 0.717) is 11.1 Å². The molecule has 0 radical (unpaired) electrons. The van der Waals surface area contributed by atoms with E-state index in [4.69, 9.17) is 10.2 Å². The highest BCUT2D eigenvalue weighted by molar-refractivity contribution is 14.1. The first-order valence-corrected chi connectivity index (χ1v) is 6.17. The number of benzene rings is 1. The van der Waals surface area contributed by atoms with Crippen LogP contribution in [0, 0.1) is 3.57 Å². The second-order valence-corrected chi connectivity index (χ2v) is 5.14. The summed E-state index contributed by atoms with van der Waals surface area (Å²) in [6, 6.07) is 5.21. The Morgan fingerprint density at radius 1 is 1.06 bits per heavy atom. The predicted octanol–water partition coefficient (Wildman–Crippen LogP) is 2.67. The van der Waals surface area contributed by atoms with Gasteiger partial charge in [-0.25, -0.2) is 0 Å². The molecule has 1 rings (SSSR count). The first-order valence-electron chi connectivity index (χ1n) is 5.09. The first-order chi connectivity index (χ1) is 7.84. The molecular weight excluding hydrogens is 335 g/mol. The lowest BCUT2D eigenvalue weighted by Gasteiger charge is -2.16. The van der Waals surface area contributed by atoms with Crippen molar-refractivity contribution in [3.63, 3.8) is 0 Å². The van der Waals surface area contributed by atoms with E-state index in [9.17, 15) is 9.59 Å². The SMILES string of the molecule is CC(C(=O)O)c1ccc(I)cc1C(C)C(=O)O. The molecule has 0 saturated carbocycles. The highest BCUT2D eigenvalue weighted by Crippen LogP contribution is 2.28. The molecule has 2 unspecified atom stereocenters. The van der Waals surface area contributed by atoms with E-state index < -0.39 is 23.8 Å². The number of carboxylic acids is 2. The normalized spacial score (nSPS) is 14.1. The maximum atomic E-state index is 11.0. The minimum absolute atomic E-state index is 0.563.